The van der Waals surface area contributed by atoms with Crippen molar-refractivity contribution < 1.29 is 9.13 Å². The molecule has 92 valence electrons. The second-order valence-corrected chi connectivity index (χ2v) is 3.93. The molecule has 2 aromatic rings. The van der Waals surface area contributed by atoms with Crippen molar-refractivity contribution >= 4 is 17.0 Å². The van der Waals surface area contributed by atoms with E-state index in [9.17, 15) is 4.39 Å². The molecule has 2 rings (SSSR count). The number of unbranched alkanes of at least 4 members (excludes halogenated alkanes) is 1. The predicted octanol–water partition coefficient (Wildman–Crippen LogP) is 2.18. The SMILES string of the molecule is COCCCCn1c(N)nc2c(F)cccc21. The molecule has 1 aromatic heterocycles. The minimum absolute atomic E-state index is 0.329. The molecule has 0 bridgehead atoms. The molecule has 5 heteroatoms. The summed E-state index contributed by atoms with van der Waals surface area (Å²) in [6.45, 7) is 1.45. The van der Waals surface area contributed by atoms with Gasteiger partial charge in [0.15, 0.2) is 5.82 Å². The second-order valence-electron chi connectivity index (χ2n) is 3.93. The molecule has 0 saturated heterocycles. The number of ether oxygens (including phenoxy) is 1. The van der Waals surface area contributed by atoms with E-state index in [1.165, 1.54) is 6.07 Å². The Labute approximate surface area is 99.2 Å². The molecule has 0 amide bonds. The van der Waals surface area contributed by atoms with E-state index in [-0.39, 0.29) is 5.82 Å². The summed E-state index contributed by atoms with van der Waals surface area (Å²) < 4.78 is 20.3. The Bertz CT molecular complexity index is 510. The van der Waals surface area contributed by atoms with Crippen LogP contribution in [0.1, 0.15) is 12.8 Å². The third-order valence-corrected chi connectivity index (χ3v) is 2.74. The standard InChI is InChI=1S/C12H16FN3O/c1-17-8-3-2-7-16-10-6-4-5-9(13)11(10)15-12(16)14/h4-6H,2-3,7-8H2,1H3,(H2,14,15). The summed E-state index contributed by atoms with van der Waals surface area (Å²) in [6, 6.07) is 4.90. The van der Waals surface area contributed by atoms with Gasteiger partial charge in [-0.15, -0.1) is 0 Å². The van der Waals surface area contributed by atoms with Gasteiger partial charge in [0.1, 0.15) is 5.52 Å². The lowest BCUT2D eigenvalue weighted by molar-refractivity contribution is 0.191. The van der Waals surface area contributed by atoms with Gasteiger partial charge in [0.2, 0.25) is 5.95 Å². The number of hydrogen-bond donors (Lipinski definition) is 1. The average Bonchev–Trinajstić information content (AvgIpc) is 2.63. The molecule has 0 aliphatic rings. The van der Waals surface area contributed by atoms with Gasteiger partial charge in [-0.3, -0.25) is 0 Å². The van der Waals surface area contributed by atoms with Crippen LogP contribution in [0.3, 0.4) is 0 Å². The molecule has 0 aliphatic heterocycles. The van der Waals surface area contributed by atoms with E-state index in [1.807, 2.05) is 10.6 Å². The molecule has 4 nitrogen and oxygen atoms in total. The summed E-state index contributed by atoms with van der Waals surface area (Å²) in [5.41, 5.74) is 6.89. The van der Waals surface area contributed by atoms with Crippen molar-refractivity contribution in [2.75, 3.05) is 19.5 Å². The van der Waals surface area contributed by atoms with Gasteiger partial charge in [0.25, 0.3) is 0 Å². The first-order valence-electron chi connectivity index (χ1n) is 5.63. The van der Waals surface area contributed by atoms with Gasteiger partial charge in [-0.1, -0.05) is 6.07 Å². The van der Waals surface area contributed by atoms with Gasteiger partial charge in [-0.2, -0.15) is 0 Å². The van der Waals surface area contributed by atoms with E-state index < -0.39 is 0 Å². The van der Waals surface area contributed by atoms with E-state index in [0.717, 1.165) is 31.5 Å². The third kappa shape index (κ3) is 2.39. The molecule has 0 unspecified atom stereocenters. The highest BCUT2D eigenvalue weighted by Crippen LogP contribution is 2.20. The molecule has 0 fully saturated rings. The highest BCUT2D eigenvalue weighted by molar-refractivity contribution is 5.78. The lowest BCUT2D eigenvalue weighted by atomic mass is 10.3. The van der Waals surface area contributed by atoms with Crippen LogP contribution >= 0.6 is 0 Å². The maximum Gasteiger partial charge on any atom is 0.201 e. The fourth-order valence-corrected chi connectivity index (χ4v) is 1.88. The van der Waals surface area contributed by atoms with Gasteiger partial charge in [-0.25, -0.2) is 9.37 Å². The first-order chi connectivity index (χ1) is 8.24. The second kappa shape index (κ2) is 5.14. The number of nitrogens with zero attached hydrogens (tertiary/aromatic N) is 2. The van der Waals surface area contributed by atoms with Crippen LogP contribution in [0.25, 0.3) is 11.0 Å². The molecule has 0 saturated carbocycles. The quantitative estimate of drug-likeness (QED) is 0.811. The predicted molar refractivity (Wildman–Crippen MR) is 65.2 cm³/mol. The van der Waals surface area contributed by atoms with Gasteiger partial charge >= 0.3 is 0 Å². The number of anilines is 1. The zero-order chi connectivity index (χ0) is 12.3. The number of hydrogen-bond acceptors (Lipinski definition) is 3. The normalized spacial score (nSPS) is 11.2. The monoisotopic (exact) mass is 237 g/mol. The fraction of sp³-hybridized carbons (Fsp3) is 0.417. The van der Waals surface area contributed by atoms with E-state index >= 15 is 0 Å². The summed E-state index contributed by atoms with van der Waals surface area (Å²) in [6.07, 6.45) is 1.88. The molecule has 17 heavy (non-hydrogen) atoms. The van der Waals surface area contributed by atoms with Crippen molar-refractivity contribution in [3.05, 3.63) is 24.0 Å². The number of halogens is 1. The summed E-state index contributed by atoms with van der Waals surface area (Å²) in [5, 5.41) is 0. The first kappa shape index (κ1) is 11.9. The third-order valence-electron chi connectivity index (χ3n) is 2.74. The number of para-hydroxylation sites is 1. The molecular weight excluding hydrogens is 221 g/mol. The number of methoxy groups -OCH3 is 1. The number of nitrogens with two attached hydrogens (primary N) is 1. The van der Waals surface area contributed by atoms with E-state index in [2.05, 4.69) is 4.98 Å². The van der Waals surface area contributed by atoms with Crippen LogP contribution in [-0.2, 0) is 11.3 Å². The number of fused-ring (bicyclic) bond motifs is 1. The highest BCUT2D eigenvalue weighted by atomic mass is 19.1. The maximum atomic E-state index is 13.5. The maximum absolute atomic E-state index is 13.5. The minimum Gasteiger partial charge on any atom is -0.385 e. The van der Waals surface area contributed by atoms with Gasteiger partial charge < -0.3 is 15.0 Å². The molecule has 1 aromatic carbocycles. The topological polar surface area (TPSA) is 53.1 Å². The first-order valence-corrected chi connectivity index (χ1v) is 5.63. The van der Waals surface area contributed by atoms with Crippen molar-refractivity contribution in [1.29, 1.82) is 0 Å². The van der Waals surface area contributed by atoms with Crippen LogP contribution in [0.2, 0.25) is 0 Å². The van der Waals surface area contributed by atoms with E-state index in [4.69, 9.17) is 10.5 Å². The van der Waals surface area contributed by atoms with Crippen LogP contribution in [-0.4, -0.2) is 23.3 Å². The molecule has 0 radical (unpaired) electrons. The molecule has 0 aliphatic carbocycles. The lowest BCUT2D eigenvalue weighted by Gasteiger charge is -2.05. The molecule has 0 atom stereocenters. The lowest BCUT2D eigenvalue weighted by Crippen LogP contribution is -2.04. The number of imidazole rings is 1. The smallest absolute Gasteiger partial charge is 0.201 e. The number of benzene rings is 1. The van der Waals surface area contributed by atoms with Crippen molar-refractivity contribution in [2.24, 2.45) is 0 Å². The summed E-state index contributed by atoms with van der Waals surface area (Å²) in [7, 11) is 1.68. The average molecular weight is 237 g/mol. The van der Waals surface area contributed by atoms with Crippen LogP contribution in [0.5, 0.6) is 0 Å². The Balaban J connectivity index is 2.21. The van der Waals surface area contributed by atoms with Crippen LogP contribution in [0, 0.1) is 5.82 Å². The highest BCUT2D eigenvalue weighted by Gasteiger charge is 2.10. The molecule has 1 heterocycles. The van der Waals surface area contributed by atoms with Crippen LogP contribution in [0.4, 0.5) is 10.3 Å². The summed E-state index contributed by atoms with van der Waals surface area (Å²) >= 11 is 0. The molecular formula is C12H16FN3O. The number of rotatable bonds is 5. The molecule has 0 spiro atoms. The van der Waals surface area contributed by atoms with Crippen LogP contribution < -0.4 is 5.73 Å². The van der Waals surface area contributed by atoms with Crippen molar-refractivity contribution in [1.82, 2.24) is 9.55 Å². The van der Waals surface area contributed by atoms with E-state index in [1.54, 1.807) is 13.2 Å². The zero-order valence-electron chi connectivity index (χ0n) is 9.82. The van der Waals surface area contributed by atoms with E-state index in [0.29, 0.717) is 11.5 Å². The summed E-state index contributed by atoms with van der Waals surface area (Å²) in [5.74, 6) is 0.0346. The number of nitrogen functional groups attached to an aromatic ring is 1. The number of aromatic nitrogens is 2. The van der Waals surface area contributed by atoms with Crippen molar-refractivity contribution in [2.45, 2.75) is 19.4 Å². The van der Waals surface area contributed by atoms with Gasteiger partial charge in [0, 0.05) is 20.3 Å². The van der Waals surface area contributed by atoms with Gasteiger partial charge in [0.05, 0.1) is 5.52 Å². The fourth-order valence-electron chi connectivity index (χ4n) is 1.88. The zero-order valence-corrected chi connectivity index (χ0v) is 9.82. The Hall–Kier alpha value is -1.62. The number of aryl methyl sites for hydroxylation is 1. The molecule has 2 N–H and O–H groups in total. The van der Waals surface area contributed by atoms with Crippen molar-refractivity contribution in [3.63, 3.8) is 0 Å². The van der Waals surface area contributed by atoms with Crippen molar-refractivity contribution in [3.8, 4) is 0 Å². The van der Waals surface area contributed by atoms with Crippen LogP contribution in [0.15, 0.2) is 18.2 Å². The summed E-state index contributed by atoms with van der Waals surface area (Å²) in [4.78, 5) is 4.05. The Kier molecular flexibility index (Phi) is 3.58. The Morgan fingerprint density at radius 3 is 3.00 bits per heavy atom. The largest absolute Gasteiger partial charge is 0.385 e. The Morgan fingerprint density at radius 1 is 1.41 bits per heavy atom. The van der Waals surface area contributed by atoms with Gasteiger partial charge in [-0.05, 0) is 25.0 Å². The minimum atomic E-state index is -0.329. The Morgan fingerprint density at radius 2 is 2.24 bits per heavy atom.